The number of carbonyl (C=O) groups is 2. The molecular formula is C24H31ClN2O3. The van der Waals surface area contributed by atoms with Gasteiger partial charge in [-0.25, -0.2) is 0 Å². The van der Waals surface area contributed by atoms with Crippen molar-refractivity contribution in [1.29, 1.82) is 0 Å². The molecule has 0 spiro atoms. The van der Waals surface area contributed by atoms with Gasteiger partial charge in [-0.1, -0.05) is 53.6 Å². The first-order valence-electron chi connectivity index (χ1n) is 10.4. The van der Waals surface area contributed by atoms with Crippen LogP contribution in [-0.4, -0.2) is 41.5 Å². The fraction of sp³-hybridized carbons (Fsp3) is 0.417. The first-order chi connectivity index (χ1) is 14.3. The average Bonchev–Trinajstić information content (AvgIpc) is 2.71. The molecule has 0 aliphatic rings. The Morgan fingerprint density at radius 3 is 2.30 bits per heavy atom. The van der Waals surface area contributed by atoms with Crippen LogP contribution < -0.4 is 5.32 Å². The molecule has 0 aliphatic carbocycles. The first-order valence-corrected chi connectivity index (χ1v) is 10.8. The maximum atomic E-state index is 12.2. The molecule has 2 rings (SSSR count). The summed E-state index contributed by atoms with van der Waals surface area (Å²) in [5.74, 6) is -0.764. The molecule has 0 fully saturated rings. The Morgan fingerprint density at radius 2 is 1.67 bits per heavy atom. The van der Waals surface area contributed by atoms with Gasteiger partial charge < -0.3 is 10.4 Å². The Labute approximate surface area is 184 Å². The molecule has 30 heavy (non-hydrogen) atoms. The zero-order valence-electron chi connectivity index (χ0n) is 17.7. The number of aliphatic carboxylic acids is 1. The van der Waals surface area contributed by atoms with Gasteiger partial charge in [0.25, 0.3) is 0 Å². The van der Waals surface area contributed by atoms with Crippen molar-refractivity contribution in [3.63, 3.8) is 0 Å². The van der Waals surface area contributed by atoms with E-state index in [-0.39, 0.29) is 18.4 Å². The molecule has 162 valence electrons. The van der Waals surface area contributed by atoms with Gasteiger partial charge in [0, 0.05) is 30.6 Å². The number of nitrogens with one attached hydrogen (secondary N) is 1. The van der Waals surface area contributed by atoms with E-state index in [1.54, 1.807) is 0 Å². The topological polar surface area (TPSA) is 69.6 Å². The standard InChI is InChI=1S/C24H31ClN2O3/c1-18-6-8-20(9-7-18)17-23(28)26-14-4-16-27(15-3-5-24(29)30)19(2)21-10-12-22(25)13-11-21/h6-13,19H,3-5,14-17H2,1-2H3,(H,26,28)(H,29,30). The van der Waals surface area contributed by atoms with Crippen molar-refractivity contribution < 1.29 is 14.7 Å². The fourth-order valence-electron chi connectivity index (χ4n) is 3.35. The molecule has 5 nitrogen and oxygen atoms in total. The summed E-state index contributed by atoms with van der Waals surface area (Å²) in [6.45, 7) is 6.19. The highest BCUT2D eigenvalue weighted by Gasteiger charge is 2.16. The molecule has 0 bridgehead atoms. The first kappa shape index (κ1) is 23.9. The minimum atomic E-state index is -0.780. The minimum absolute atomic E-state index is 0.0158. The largest absolute Gasteiger partial charge is 0.481 e. The summed E-state index contributed by atoms with van der Waals surface area (Å²) >= 11 is 5.99. The molecule has 2 aromatic rings. The zero-order valence-corrected chi connectivity index (χ0v) is 18.5. The maximum absolute atomic E-state index is 12.2. The number of hydrogen-bond donors (Lipinski definition) is 2. The Morgan fingerprint density at radius 1 is 1.03 bits per heavy atom. The van der Waals surface area contributed by atoms with Gasteiger partial charge in [0.1, 0.15) is 0 Å². The summed E-state index contributed by atoms with van der Waals surface area (Å²) in [5, 5.41) is 12.6. The molecule has 1 amide bonds. The Balaban J connectivity index is 1.83. The van der Waals surface area contributed by atoms with E-state index in [9.17, 15) is 9.59 Å². The van der Waals surface area contributed by atoms with Crippen LogP contribution in [0, 0.1) is 6.92 Å². The van der Waals surface area contributed by atoms with E-state index in [2.05, 4.69) is 17.1 Å². The summed E-state index contributed by atoms with van der Waals surface area (Å²) in [5.41, 5.74) is 3.32. The SMILES string of the molecule is Cc1ccc(CC(=O)NCCCN(CCCC(=O)O)C(C)c2ccc(Cl)cc2)cc1. The lowest BCUT2D eigenvalue weighted by molar-refractivity contribution is -0.137. The van der Waals surface area contributed by atoms with Crippen molar-refractivity contribution in [2.75, 3.05) is 19.6 Å². The van der Waals surface area contributed by atoms with Crippen molar-refractivity contribution in [2.45, 2.75) is 45.6 Å². The van der Waals surface area contributed by atoms with Gasteiger partial charge in [-0.2, -0.15) is 0 Å². The second kappa shape index (κ2) is 12.4. The van der Waals surface area contributed by atoms with Crippen LogP contribution in [0.15, 0.2) is 48.5 Å². The number of carboxylic acid groups (broad SMARTS) is 1. The van der Waals surface area contributed by atoms with Gasteiger partial charge in [0.05, 0.1) is 6.42 Å². The van der Waals surface area contributed by atoms with Crippen molar-refractivity contribution in [3.05, 3.63) is 70.2 Å². The normalized spacial score (nSPS) is 12.0. The van der Waals surface area contributed by atoms with E-state index < -0.39 is 5.97 Å². The van der Waals surface area contributed by atoms with Crippen LogP contribution in [0.4, 0.5) is 0 Å². The molecule has 2 N–H and O–H groups in total. The number of amides is 1. The minimum Gasteiger partial charge on any atom is -0.481 e. The van der Waals surface area contributed by atoms with Crippen molar-refractivity contribution >= 4 is 23.5 Å². The van der Waals surface area contributed by atoms with Gasteiger partial charge in [-0.05, 0) is 56.5 Å². The van der Waals surface area contributed by atoms with Gasteiger partial charge in [0.2, 0.25) is 5.91 Å². The van der Waals surface area contributed by atoms with Crippen molar-refractivity contribution in [3.8, 4) is 0 Å². The predicted octanol–water partition coefficient (Wildman–Crippen LogP) is 4.63. The molecule has 2 aromatic carbocycles. The lowest BCUT2D eigenvalue weighted by Crippen LogP contribution is -2.33. The van der Waals surface area contributed by atoms with Crippen LogP contribution in [0.3, 0.4) is 0 Å². The third-order valence-corrected chi connectivity index (χ3v) is 5.42. The second-order valence-corrected chi connectivity index (χ2v) is 8.06. The van der Waals surface area contributed by atoms with Crippen LogP contribution in [0.2, 0.25) is 5.02 Å². The van der Waals surface area contributed by atoms with Crippen molar-refractivity contribution in [2.24, 2.45) is 0 Å². The molecule has 0 saturated carbocycles. The molecule has 6 heteroatoms. The monoisotopic (exact) mass is 430 g/mol. The van der Waals surface area contributed by atoms with Crippen LogP contribution in [0.5, 0.6) is 0 Å². The number of rotatable bonds is 12. The molecule has 0 radical (unpaired) electrons. The Hall–Kier alpha value is -2.37. The number of carbonyl (C=O) groups excluding carboxylic acids is 1. The number of nitrogens with zero attached hydrogens (tertiary/aromatic N) is 1. The molecule has 1 atom stereocenters. The summed E-state index contributed by atoms with van der Waals surface area (Å²) in [7, 11) is 0. The maximum Gasteiger partial charge on any atom is 0.303 e. The summed E-state index contributed by atoms with van der Waals surface area (Å²) in [6, 6.07) is 15.9. The lowest BCUT2D eigenvalue weighted by atomic mass is 10.1. The van der Waals surface area contributed by atoms with Crippen LogP contribution in [0.1, 0.15) is 48.9 Å². The number of halogens is 1. The lowest BCUT2D eigenvalue weighted by Gasteiger charge is -2.29. The van der Waals surface area contributed by atoms with E-state index in [4.69, 9.17) is 16.7 Å². The van der Waals surface area contributed by atoms with E-state index in [0.717, 1.165) is 24.1 Å². The summed E-state index contributed by atoms with van der Waals surface area (Å²) in [6.07, 6.45) is 1.92. The fourth-order valence-corrected chi connectivity index (χ4v) is 3.47. The van der Waals surface area contributed by atoms with Crippen LogP contribution in [0.25, 0.3) is 0 Å². The highest BCUT2D eigenvalue weighted by molar-refractivity contribution is 6.30. The average molecular weight is 431 g/mol. The van der Waals surface area contributed by atoms with Crippen LogP contribution >= 0.6 is 11.6 Å². The van der Waals surface area contributed by atoms with Gasteiger partial charge in [-0.3, -0.25) is 14.5 Å². The molecule has 1 unspecified atom stereocenters. The number of hydrogen-bond acceptors (Lipinski definition) is 3. The number of aryl methyl sites for hydroxylation is 1. The molecule has 0 saturated heterocycles. The molecule has 0 aromatic heterocycles. The van der Waals surface area contributed by atoms with E-state index in [1.807, 2.05) is 55.5 Å². The van der Waals surface area contributed by atoms with Gasteiger partial charge in [0.15, 0.2) is 0 Å². The van der Waals surface area contributed by atoms with Crippen molar-refractivity contribution in [1.82, 2.24) is 10.2 Å². The van der Waals surface area contributed by atoms with E-state index >= 15 is 0 Å². The highest BCUT2D eigenvalue weighted by Crippen LogP contribution is 2.22. The highest BCUT2D eigenvalue weighted by atomic mass is 35.5. The second-order valence-electron chi connectivity index (χ2n) is 7.63. The third-order valence-electron chi connectivity index (χ3n) is 5.17. The third kappa shape index (κ3) is 8.56. The van der Waals surface area contributed by atoms with Gasteiger partial charge in [-0.15, -0.1) is 0 Å². The predicted molar refractivity (Wildman–Crippen MR) is 121 cm³/mol. The van der Waals surface area contributed by atoms with Gasteiger partial charge >= 0.3 is 5.97 Å². The van der Waals surface area contributed by atoms with E-state index in [0.29, 0.717) is 31.0 Å². The number of carboxylic acids is 1. The van der Waals surface area contributed by atoms with E-state index in [1.165, 1.54) is 5.56 Å². The quantitative estimate of drug-likeness (QED) is 0.482. The molecular weight excluding hydrogens is 400 g/mol. The Kier molecular flexibility index (Phi) is 9.84. The summed E-state index contributed by atoms with van der Waals surface area (Å²) < 4.78 is 0. The molecule has 0 aliphatic heterocycles. The summed E-state index contributed by atoms with van der Waals surface area (Å²) in [4.78, 5) is 25.3. The van der Waals surface area contributed by atoms with Crippen LogP contribution in [-0.2, 0) is 16.0 Å². The zero-order chi connectivity index (χ0) is 21.9. The Bertz CT molecular complexity index is 806. The smallest absolute Gasteiger partial charge is 0.303 e. The molecule has 0 heterocycles. The number of benzene rings is 2.